The van der Waals surface area contributed by atoms with Gasteiger partial charge < -0.3 is 8.98 Å². The van der Waals surface area contributed by atoms with Crippen molar-refractivity contribution in [1.82, 2.24) is 14.5 Å². The highest BCUT2D eigenvalue weighted by Crippen LogP contribution is 2.41. The number of hydrogen-bond donors (Lipinski definition) is 0. The van der Waals surface area contributed by atoms with Crippen molar-refractivity contribution in [3.05, 3.63) is 200 Å². The molecule has 3 heterocycles. The van der Waals surface area contributed by atoms with Crippen LogP contribution in [-0.4, -0.2) is 14.5 Å². The summed E-state index contributed by atoms with van der Waals surface area (Å²) in [4.78, 5) is 10.3. The number of fused-ring (bicyclic) bond motifs is 6. The Hall–Kier alpha value is -7.56. The summed E-state index contributed by atoms with van der Waals surface area (Å²) in [5.41, 5.74) is 15.4. The highest BCUT2D eigenvalue weighted by molar-refractivity contribution is 6.16. The van der Waals surface area contributed by atoms with Crippen LogP contribution >= 0.6 is 0 Å². The highest BCUT2D eigenvalue weighted by atomic mass is 16.3. The van der Waals surface area contributed by atoms with Gasteiger partial charge in [-0.1, -0.05) is 158 Å². The van der Waals surface area contributed by atoms with Gasteiger partial charge in [0.25, 0.3) is 0 Å². The van der Waals surface area contributed by atoms with Crippen LogP contribution in [0.4, 0.5) is 0 Å². The third-order valence-corrected chi connectivity index (χ3v) is 10.8. The van der Waals surface area contributed by atoms with Gasteiger partial charge >= 0.3 is 0 Å². The van der Waals surface area contributed by atoms with Crippen LogP contribution in [0.2, 0.25) is 0 Å². The second-order valence-corrected chi connectivity index (χ2v) is 14.2. The fourth-order valence-electron chi connectivity index (χ4n) is 8.17. The molecule has 11 aromatic rings. The molecule has 262 valence electrons. The Morgan fingerprint density at radius 3 is 1.79 bits per heavy atom. The molecule has 0 spiro atoms. The van der Waals surface area contributed by atoms with Crippen LogP contribution in [0.5, 0.6) is 0 Å². The molecule has 4 nitrogen and oxygen atoms in total. The smallest absolute Gasteiger partial charge is 0.180 e. The molecule has 11 rings (SSSR count). The molecule has 0 saturated carbocycles. The monoisotopic (exact) mass is 715 g/mol. The van der Waals surface area contributed by atoms with Gasteiger partial charge in [-0.25, -0.2) is 9.97 Å². The van der Waals surface area contributed by atoms with E-state index in [1.807, 2.05) is 24.3 Å². The lowest BCUT2D eigenvalue weighted by Crippen LogP contribution is -1.94. The highest BCUT2D eigenvalue weighted by Gasteiger charge is 2.20. The van der Waals surface area contributed by atoms with E-state index in [1.54, 1.807) is 0 Å². The van der Waals surface area contributed by atoms with Gasteiger partial charge in [-0.15, -0.1) is 0 Å². The summed E-state index contributed by atoms with van der Waals surface area (Å²) in [6.45, 7) is 0. The summed E-state index contributed by atoms with van der Waals surface area (Å²) in [6.07, 6.45) is 0. The number of furan rings is 1. The average molecular weight is 716 g/mol. The van der Waals surface area contributed by atoms with Gasteiger partial charge in [0, 0.05) is 33.0 Å². The van der Waals surface area contributed by atoms with Crippen molar-refractivity contribution in [3.63, 3.8) is 0 Å². The Morgan fingerprint density at radius 1 is 0.393 bits per heavy atom. The fourth-order valence-corrected chi connectivity index (χ4v) is 8.17. The molecule has 3 aromatic heterocycles. The topological polar surface area (TPSA) is 43.9 Å². The van der Waals surface area contributed by atoms with E-state index in [2.05, 4.69) is 180 Å². The minimum absolute atomic E-state index is 0.665. The summed E-state index contributed by atoms with van der Waals surface area (Å²) in [7, 11) is 0. The van der Waals surface area contributed by atoms with Crippen LogP contribution in [0.3, 0.4) is 0 Å². The van der Waals surface area contributed by atoms with Gasteiger partial charge in [0.15, 0.2) is 11.4 Å². The van der Waals surface area contributed by atoms with Crippen LogP contribution < -0.4 is 0 Å². The second-order valence-electron chi connectivity index (χ2n) is 14.2. The Bertz CT molecular complexity index is 3220. The van der Waals surface area contributed by atoms with Crippen molar-refractivity contribution < 1.29 is 4.42 Å². The zero-order chi connectivity index (χ0) is 37.0. The minimum atomic E-state index is 0.665. The van der Waals surface area contributed by atoms with Crippen LogP contribution in [0, 0.1) is 0 Å². The van der Waals surface area contributed by atoms with Gasteiger partial charge in [-0.3, -0.25) is 0 Å². The number of nitrogens with zero attached hydrogens (tertiary/aromatic N) is 3. The summed E-state index contributed by atoms with van der Waals surface area (Å²) >= 11 is 0. The lowest BCUT2D eigenvalue weighted by molar-refractivity contribution is 0.667. The van der Waals surface area contributed by atoms with E-state index in [0.29, 0.717) is 11.4 Å². The van der Waals surface area contributed by atoms with E-state index in [4.69, 9.17) is 14.4 Å². The van der Waals surface area contributed by atoms with Crippen LogP contribution in [0.25, 0.3) is 106 Å². The van der Waals surface area contributed by atoms with Crippen LogP contribution in [0.15, 0.2) is 205 Å². The number of hydrogen-bond acceptors (Lipinski definition) is 3. The molecule has 0 N–H and O–H groups in total. The number of para-hydroxylation sites is 2. The Balaban J connectivity index is 1.06. The first-order valence-corrected chi connectivity index (χ1v) is 18.9. The standard InChI is InChI=1S/C52H33N3O/c1-4-14-34(15-5-1)35-26-28-36(29-27-35)49-51-50(54-52(53-49)37-16-6-2-7-17-37)44-33-39(30-31-47(44)56-51)38-18-12-19-40(32-38)42-23-13-25-46-48(42)43-22-10-11-24-45(43)55(46)41-20-8-3-9-21-41/h1-33H. The Morgan fingerprint density at radius 2 is 0.982 bits per heavy atom. The van der Waals surface area contributed by atoms with Crippen molar-refractivity contribution in [2.45, 2.75) is 0 Å². The van der Waals surface area contributed by atoms with E-state index in [-0.39, 0.29) is 0 Å². The molecule has 0 aliphatic heterocycles. The lowest BCUT2D eigenvalue weighted by atomic mass is 9.95. The van der Waals surface area contributed by atoms with Crippen LogP contribution in [-0.2, 0) is 0 Å². The van der Waals surface area contributed by atoms with Crippen molar-refractivity contribution >= 4 is 43.9 Å². The third-order valence-electron chi connectivity index (χ3n) is 10.8. The zero-order valence-electron chi connectivity index (χ0n) is 30.3. The molecule has 0 bridgehead atoms. The molecule has 8 aromatic carbocycles. The van der Waals surface area contributed by atoms with E-state index in [1.165, 1.54) is 32.9 Å². The molecular weight excluding hydrogens is 683 g/mol. The normalized spacial score (nSPS) is 11.6. The first-order chi connectivity index (χ1) is 27.8. The summed E-state index contributed by atoms with van der Waals surface area (Å²) in [6, 6.07) is 70.4. The Labute approximate surface area is 323 Å². The average Bonchev–Trinajstić information content (AvgIpc) is 3.83. The van der Waals surface area contributed by atoms with Crippen LogP contribution in [0.1, 0.15) is 0 Å². The van der Waals surface area contributed by atoms with E-state index in [0.717, 1.165) is 61.2 Å². The maximum Gasteiger partial charge on any atom is 0.180 e. The molecule has 0 saturated heterocycles. The molecule has 4 heteroatoms. The maximum absolute atomic E-state index is 6.63. The molecule has 0 unspecified atom stereocenters. The third kappa shape index (κ3) is 5.31. The molecule has 56 heavy (non-hydrogen) atoms. The quantitative estimate of drug-likeness (QED) is 0.172. The van der Waals surface area contributed by atoms with Crippen molar-refractivity contribution in [1.29, 1.82) is 0 Å². The van der Waals surface area contributed by atoms with Crippen molar-refractivity contribution in [3.8, 4) is 61.7 Å². The second kappa shape index (κ2) is 13.1. The van der Waals surface area contributed by atoms with Gasteiger partial charge in [-0.05, 0) is 75.8 Å². The minimum Gasteiger partial charge on any atom is -0.452 e. The number of benzene rings is 8. The molecule has 0 aliphatic rings. The Kier molecular flexibility index (Phi) is 7.46. The fraction of sp³-hybridized carbons (Fsp3) is 0. The SMILES string of the molecule is c1ccc(-c2ccc(-c3nc(-c4ccccc4)nc4c3oc3ccc(-c5cccc(-c6cccc7c6c6ccccc6n7-c6ccccc6)c5)cc34)cc2)cc1. The van der Waals surface area contributed by atoms with Gasteiger partial charge in [0.2, 0.25) is 0 Å². The predicted molar refractivity (Wildman–Crippen MR) is 231 cm³/mol. The van der Waals surface area contributed by atoms with E-state index >= 15 is 0 Å². The molecular formula is C52H33N3O. The number of aromatic nitrogens is 3. The molecule has 0 amide bonds. The summed E-state index contributed by atoms with van der Waals surface area (Å²) < 4.78 is 9.00. The number of rotatable bonds is 6. The largest absolute Gasteiger partial charge is 0.452 e. The lowest BCUT2D eigenvalue weighted by Gasteiger charge is -2.10. The van der Waals surface area contributed by atoms with Gasteiger partial charge in [-0.2, -0.15) is 0 Å². The molecule has 0 atom stereocenters. The summed E-state index contributed by atoms with van der Waals surface area (Å²) in [5.74, 6) is 0.665. The zero-order valence-corrected chi connectivity index (χ0v) is 30.3. The predicted octanol–water partition coefficient (Wildman–Crippen LogP) is 13.8. The molecule has 0 fully saturated rings. The van der Waals surface area contributed by atoms with Crippen molar-refractivity contribution in [2.75, 3.05) is 0 Å². The molecule has 0 radical (unpaired) electrons. The first kappa shape index (κ1) is 31.9. The molecule has 0 aliphatic carbocycles. The van der Waals surface area contributed by atoms with Crippen molar-refractivity contribution in [2.24, 2.45) is 0 Å². The van der Waals surface area contributed by atoms with Gasteiger partial charge in [0.1, 0.15) is 16.8 Å². The summed E-state index contributed by atoms with van der Waals surface area (Å²) in [5, 5.41) is 3.44. The van der Waals surface area contributed by atoms with E-state index < -0.39 is 0 Å². The van der Waals surface area contributed by atoms with E-state index in [9.17, 15) is 0 Å². The van der Waals surface area contributed by atoms with Gasteiger partial charge in [0.05, 0.1) is 11.0 Å². The maximum atomic E-state index is 6.63. The first-order valence-electron chi connectivity index (χ1n) is 18.9.